The van der Waals surface area contributed by atoms with Crippen LogP contribution in [0.25, 0.3) is 0 Å². The van der Waals surface area contributed by atoms with Crippen LogP contribution in [-0.4, -0.2) is 6.29 Å². The molecule has 1 rings (SSSR count). The van der Waals surface area contributed by atoms with Gasteiger partial charge in [-0.2, -0.15) is 0 Å². The van der Waals surface area contributed by atoms with E-state index in [0.717, 1.165) is 19.1 Å². The molecule has 0 amide bonds. The molecule has 0 aromatic heterocycles. The van der Waals surface area contributed by atoms with Crippen molar-refractivity contribution in [2.45, 2.75) is 12.8 Å². The Bertz CT molecular complexity index is 236. The van der Waals surface area contributed by atoms with Crippen molar-refractivity contribution in [3.63, 3.8) is 0 Å². The van der Waals surface area contributed by atoms with E-state index in [0.29, 0.717) is 0 Å². The molecule has 0 atom stereocenters. The summed E-state index contributed by atoms with van der Waals surface area (Å²) in [4.78, 5) is 9.97. The smallest absolute Gasteiger partial charge is 0.142 e. The molecule has 0 spiro atoms. The van der Waals surface area contributed by atoms with Gasteiger partial charge in [0, 0.05) is 0 Å². The molecule has 0 radical (unpaired) electrons. The molecule has 11 heavy (non-hydrogen) atoms. The van der Waals surface area contributed by atoms with E-state index < -0.39 is 0 Å². The fourth-order valence-electron chi connectivity index (χ4n) is 0.930. The molecule has 0 aromatic carbocycles. The molecule has 0 saturated carbocycles. The van der Waals surface area contributed by atoms with Crippen LogP contribution in [0.4, 0.5) is 0 Å². The number of allylic oxidation sites excluding steroid dienone is 6. The van der Waals surface area contributed by atoms with Crippen molar-refractivity contribution < 1.29 is 4.79 Å². The Labute approximate surface area is 74.6 Å². The molecule has 0 aliphatic heterocycles. The Kier molecular flexibility index (Phi) is 3.30. The van der Waals surface area contributed by atoms with E-state index in [9.17, 15) is 4.79 Å². The minimum atomic E-state index is 0.800. The van der Waals surface area contributed by atoms with Gasteiger partial charge < -0.3 is 0 Å². The van der Waals surface area contributed by atoms with E-state index in [1.165, 1.54) is 16.1 Å². The van der Waals surface area contributed by atoms with Gasteiger partial charge in [0.2, 0.25) is 0 Å². The van der Waals surface area contributed by atoms with Crippen molar-refractivity contribution >= 4 is 22.2 Å². The highest BCUT2D eigenvalue weighted by molar-refractivity contribution is 9.11. The Balaban J connectivity index is 2.61. The summed E-state index contributed by atoms with van der Waals surface area (Å²) in [7, 11) is 0. The third-order valence-corrected chi connectivity index (χ3v) is 2.18. The largest absolute Gasteiger partial charge is 0.299 e. The van der Waals surface area contributed by atoms with E-state index in [2.05, 4.69) is 15.9 Å². The lowest BCUT2D eigenvalue weighted by molar-refractivity contribution is -0.104. The fraction of sp³-hybridized carbons (Fsp3) is 0.222. The van der Waals surface area contributed by atoms with Gasteiger partial charge >= 0.3 is 0 Å². The molecule has 2 heteroatoms. The highest BCUT2D eigenvalue weighted by Crippen LogP contribution is 2.22. The normalized spacial score (nSPS) is 17.9. The second kappa shape index (κ2) is 4.29. The average molecular weight is 213 g/mol. The number of carbonyl (C=O) groups excluding carboxylic acids is 1. The van der Waals surface area contributed by atoms with Gasteiger partial charge in [0.25, 0.3) is 0 Å². The zero-order valence-corrected chi connectivity index (χ0v) is 7.67. The third kappa shape index (κ3) is 2.85. The number of aldehydes is 1. The minimum absolute atomic E-state index is 0.800. The SMILES string of the molecule is O=C/C=C/C1=CC=C(Br)CC1. The molecule has 0 N–H and O–H groups in total. The Morgan fingerprint density at radius 1 is 1.36 bits per heavy atom. The highest BCUT2D eigenvalue weighted by Gasteiger charge is 1.99. The number of rotatable bonds is 2. The minimum Gasteiger partial charge on any atom is -0.299 e. The molecule has 1 aliphatic rings. The number of halogens is 1. The first kappa shape index (κ1) is 8.47. The molecule has 1 nitrogen and oxygen atoms in total. The van der Waals surface area contributed by atoms with Gasteiger partial charge in [0.05, 0.1) is 0 Å². The summed E-state index contributed by atoms with van der Waals surface area (Å²) in [5, 5.41) is 0. The van der Waals surface area contributed by atoms with Crippen molar-refractivity contribution in [3.8, 4) is 0 Å². The summed E-state index contributed by atoms with van der Waals surface area (Å²) >= 11 is 3.41. The molecule has 0 bridgehead atoms. The predicted molar refractivity (Wildman–Crippen MR) is 49.5 cm³/mol. The van der Waals surface area contributed by atoms with Crippen molar-refractivity contribution in [1.82, 2.24) is 0 Å². The van der Waals surface area contributed by atoms with E-state index in [1.807, 2.05) is 18.2 Å². The quantitative estimate of drug-likeness (QED) is 0.509. The lowest BCUT2D eigenvalue weighted by Gasteiger charge is -2.05. The van der Waals surface area contributed by atoms with Gasteiger partial charge in [0.15, 0.2) is 0 Å². The first-order chi connectivity index (χ1) is 5.33. The van der Waals surface area contributed by atoms with Gasteiger partial charge in [-0.15, -0.1) is 0 Å². The molecule has 58 valence electrons. The molecular weight excluding hydrogens is 204 g/mol. The monoisotopic (exact) mass is 212 g/mol. The van der Waals surface area contributed by atoms with Crippen LogP contribution in [0.2, 0.25) is 0 Å². The van der Waals surface area contributed by atoms with Crippen LogP contribution in [0.5, 0.6) is 0 Å². The van der Waals surface area contributed by atoms with Gasteiger partial charge in [-0.05, 0) is 29.0 Å². The Morgan fingerprint density at radius 2 is 2.18 bits per heavy atom. The van der Waals surface area contributed by atoms with Crippen molar-refractivity contribution in [2.75, 3.05) is 0 Å². The summed E-state index contributed by atoms with van der Waals surface area (Å²) in [5.74, 6) is 0. The van der Waals surface area contributed by atoms with Gasteiger partial charge in [-0.3, -0.25) is 4.79 Å². The van der Waals surface area contributed by atoms with Crippen LogP contribution in [0.3, 0.4) is 0 Å². The first-order valence-corrected chi connectivity index (χ1v) is 4.29. The van der Waals surface area contributed by atoms with E-state index in [4.69, 9.17) is 0 Å². The average Bonchev–Trinajstić information content (AvgIpc) is 2.04. The summed E-state index contributed by atoms with van der Waals surface area (Å²) in [6.07, 6.45) is 10.3. The Hall–Kier alpha value is -0.630. The van der Waals surface area contributed by atoms with Gasteiger partial charge in [-0.25, -0.2) is 0 Å². The van der Waals surface area contributed by atoms with Gasteiger partial charge in [0.1, 0.15) is 6.29 Å². The molecule has 0 saturated heterocycles. The highest BCUT2D eigenvalue weighted by atomic mass is 79.9. The predicted octanol–water partition coefficient (Wildman–Crippen LogP) is 2.74. The van der Waals surface area contributed by atoms with Crippen LogP contribution in [0, 0.1) is 0 Å². The van der Waals surface area contributed by atoms with E-state index >= 15 is 0 Å². The van der Waals surface area contributed by atoms with E-state index in [1.54, 1.807) is 0 Å². The number of hydrogen-bond acceptors (Lipinski definition) is 1. The topological polar surface area (TPSA) is 17.1 Å². The van der Waals surface area contributed by atoms with Crippen LogP contribution in [-0.2, 0) is 4.79 Å². The van der Waals surface area contributed by atoms with Crippen LogP contribution >= 0.6 is 15.9 Å². The van der Waals surface area contributed by atoms with Gasteiger partial charge in [-0.1, -0.05) is 34.2 Å². The standard InChI is InChI=1S/C9H9BrO/c10-9-5-3-8(4-6-9)2-1-7-11/h1-3,5,7H,4,6H2/b2-1+. The molecule has 0 aromatic rings. The number of carbonyl (C=O) groups is 1. The molecule has 1 aliphatic carbocycles. The van der Waals surface area contributed by atoms with Crippen LogP contribution in [0.15, 0.2) is 34.4 Å². The molecule has 0 unspecified atom stereocenters. The lowest BCUT2D eigenvalue weighted by Crippen LogP contribution is -1.85. The van der Waals surface area contributed by atoms with Crippen LogP contribution < -0.4 is 0 Å². The summed E-state index contributed by atoms with van der Waals surface area (Å²) in [6.45, 7) is 0. The molecule has 0 fully saturated rings. The van der Waals surface area contributed by atoms with Crippen molar-refractivity contribution in [1.29, 1.82) is 0 Å². The second-order valence-corrected chi connectivity index (χ2v) is 3.37. The van der Waals surface area contributed by atoms with E-state index in [-0.39, 0.29) is 0 Å². The fourth-order valence-corrected chi connectivity index (χ4v) is 1.26. The zero-order chi connectivity index (χ0) is 8.10. The molecule has 0 heterocycles. The maximum Gasteiger partial charge on any atom is 0.142 e. The summed E-state index contributed by atoms with van der Waals surface area (Å²) in [6, 6.07) is 0. The summed E-state index contributed by atoms with van der Waals surface area (Å²) in [5.41, 5.74) is 1.21. The molecular formula is C9H9BrO. The summed E-state index contributed by atoms with van der Waals surface area (Å²) < 4.78 is 1.22. The second-order valence-electron chi connectivity index (χ2n) is 2.35. The third-order valence-electron chi connectivity index (χ3n) is 1.52. The van der Waals surface area contributed by atoms with Crippen LogP contribution in [0.1, 0.15) is 12.8 Å². The first-order valence-electron chi connectivity index (χ1n) is 3.50. The maximum atomic E-state index is 9.97. The Morgan fingerprint density at radius 3 is 2.73 bits per heavy atom. The lowest BCUT2D eigenvalue weighted by atomic mass is 10.1. The number of hydrogen-bond donors (Lipinski definition) is 0. The maximum absolute atomic E-state index is 9.97. The van der Waals surface area contributed by atoms with Crippen molar-refractivity contribution in [3.05, 3.63) is 34.4 Å². The zero-order valence-electron chi connectivity index (χ0n) is 6.09. The van der Waals surface area contributed by atoms with Crippen molar-refractivity contribution in [2.24, 2.45) is 0 Å².